The fourth-order valence-corrected chi connectivity index (χ4v) is 1.06. The summed E-state index contributed by atoms with van der Waals surface area (Å²) in [7, 11) is 0. The van der Waals surface area contributed by atoms with Gasteiger partial charge in [0.2, 0.25) is 0 Å². The van der Waals surface area contributed by atoms with E-state index in [-0.39, 0.29) is 0 Å². The van der Waals surface area contributed by atoms with Crippen molar-refractivity contribution in [1.29, 1.82) is 0 Å². The van der Waals surface area contributed by atoms with E-state index in [1.807, 2.05) is 6.07 Å². The number of hydrogen-bond acceptors (Lipinski definition) is 3. The fraction of sp³-hybridized carbons (Fsp3) is 0.125. The molecular weight excluding hydrogens is 144 g/mol. The molecule has 0 amide bonds. The third-order valence-corrected chi connectivity index (χ3v) is 1.61. The molecule has 0 aromatic heterocycles. The Hall–Kier alpha value is -1.35. The molecule has 0 bridgehead atoms. The SMILES string of the molecule is O=Cc1cccc2c1OOC2. The van der Waals surface area contributed by atoms with Gasteiger partial charge in [-0.05, 0) is 6.07 Å². The van der Waals surface area contributed by atoms with Crippen LogP contribution in [0, 0.1) is 0 Å². The van der Waals surface area contributed by atoms with Crippen molar-refractivity contribution in [3.63, 3.8) is 0 Å². The van der Waals surface area contributed by atoms with Crippen LogP contribution < -0.4 is 4.89 Å². The molecule has 1 heterocycles. The largest absolute Gasteiger partial charge is 0.336 e. The van der Waals surface area contributed by atoms with Gasteiger partial charge in [-0.3, -0.25) is 4.79 Å². The van der Waals surface area contributed by atoms with Gasteiger partial charge in [0.1, 0.15) is 6.61 Å². The van der Waals surface area contributed by atoms with Crippen molar-refractivity contribution in [2.75, 3.05) is 0 Å². The Morgan fingerprint density at radius 1 is 1.45 bits per heavy atom. The number of para-hydroxylation sites is 1. The third-order valence-electron chi connectivity index (χ3n) is 1.61. The highest BCUT2D eigenvalue weighted by molar-refractivity contribution is 5.80. The van der Waals surface area contributed by atoms with E-state index < -0.39 is 0 Å². The summed E-state index contributed by atoms with van der Waals surface area (Å²) in [5.41, 5.74) is 1.47. The first-order valence-electron chi connectivity index (χ1n) is 3.28. The molecular formula is C8H6O3. The van der Waals surface area contributed by atoms with Crippen LogP contribution in [-0.4, -0.2) is 6.29 Å². The zero-order valence-corrected chi connectivity index (χ0v) is 5.74. The Morgan fingerprint density at radius 2 is 2.36 bits per heavy atom. The van der Waals surface area contributed by atoms with Crippen LogP contribution in [0.3, 0.4) is 0 Å². The quantitative estimate of drug-likeness (QED) is 0.447. The number of carbonyl (C=O) groups is 1. The Kier molecular flexibility index (Phi) is 1.36. The van der Waals surface area contributed by atoms with Gasteiger partial charge in [-0.2, -0.15) is 4.89 Å². The fourth-order valence-electron chi connectivity index (χ4n) is 1.06. The van der Waals surface area contributed by atoms with Gasteiger partial charge in [-0.15, -0.1) is 0 Å². The van der Waals surface area contributed by atoms with E-state index in [0.29, 0.717) is 17.9 Å². The molecule has 3 nitrogen and oxygen atoms in total. The van der Waals surface area contributed by atoms with E-state index in [9.17, 15) is 4.79 Å². The van der Waals surface area contributed by atoms with Crippen molar-refractivity contribution in [3.05, 3.63) is 29.3 Å². The predicted molar refractivity (Wildman–Crippen MR) is 37.2 cm³/mol. The van der Waals surface area contributed by atoms with Crippen LogP contribution in [0.15, 0.2) is 18.2 Å². The van der Waals surface area contributed by atoms with Gasteiger partial charge in [-0.25, -0.2) is 0 Å². The summed E-state index contributed by atoms with van der Waals surface area (Å²) in [4.78, 5) is 19.9. The van der Waals surface area contributed by atoms with Crippen LogP contribution in [0.5, 0.6) is 5.75 Å². The van der Waals surface area contributed by atoms with E-state index in [0.717, 1.165) is 11.8 Å². The normalized spacial score (nSPS) is 13.8. The van der Waals surface area contributed by atoms with Gasteiger partial charge < -0.3 is 4.89 Å². The number of carbonyl (C=O) groups excluding carboxylic acids is 1. The standard InChI is InChI=1S/C8H6O3/c9-4-6-2-1-3-7-5-10-11-8(6)7/h1-4H,5H2. The summed E-state index contributed by atoms with van der Waals surface area (Å²) in [5, 5.41) is 0. The summed E-state index contributed by atoms with van der Waals surface area (Å²) in [5.74, 6) is 0.558. The van der Waals surface area contributed by atoms with E-state index in [1.165, 1.54) is 0 Å². The van der Waals surface area contributed by atoms with Gasteiger partial charge in [0, 0.05) is 5.56 Å². The maximum absolute atomic E-state index is 10.4. The molecule has 1 aliphatic rings. The van der Waals surface area contributed by atoms with Crippen LogP contribution in [0.1, 0.15) is 15.9 Å². The molecule has 0 N–H and O–H groups in total. The summed E-state index contributed by atoms with van der Waals surface area (Å²) >= 11 is 0. The molecule has 3 heteroatoms. The van der Waals surface area contributed by atoms with Gasteiger partial charge in [-0.1, -0.05) is 12.1 Å². The van der Waals surface area contributed by atoms with Crippen LogP contribution in [-0.2, 0) is 11.5 Å². The summed E-state index contributed by atoms with van der Waals surface area (Å²) in [6, 6.07) is 5.37. The predicted octanol–water partition coefficient (Wildman–Crippen LogP) is 1.32. The lowest BCUT2D eigenvalue weighted by atomic mass is 10.1. The average molecular weight is 150 g/mol. The lowest BCUT2D eigenvalue weighted by Gasteiger charge is -1.96. The monoisotopic (exact) mass is 150 g/mol. The maximum atomic E-state index is 10.4. The van der Waals surface area contributed by atoms with Crippen LogP contribution >= 0.6 is 0 Å². The first-order valence-corrected chi connectivity index (χ1v) is 3.28. The number of rotatable bonds is 1. The molecule has 0 atom stereocenters. The Bertz CT molecular complexity index is 293. The van der Waals surface area contributed by atoms with Crippen molar-refractivity contribution in [2.45, 2.75) is 6.61 Å². The van der Waals surface area contributed by atoms with Crippen LogP contribution in [0.4, 0.5) is 0 Å². The Labute approximate surface area is 63.5 Å². The van der Waals surface area contributed by atoms with Crippen molar-refractivity contribution in [3.8, 4) is 5.75 Å². The molecule has 11 heavy (non-hydrogen) atoms. The van der Waals surface area contributed by atoms with Gasteiger partial charge >= 0.3 is 0 Å². The van der Waals surface area contributed by atoms with Crippen LogP contribution in [0.2, 0.25) is 0 Å². The Balaban J connectivity index is 2.58. The molecule has 1 aromatic carbocycles. The lowest BCUT2D eigenvalue weighted by Crippen LogP contribution is -1.87. The highest BCUT2D eigenvalue weighted by Crippen LogP contribution is 2.28. The molecule has 0 fully saturated rings. The van der Waals surface area contributed by atoms with Gasteiger partial charge in [0.15, 0.2) is 12.0 Å². The molecule has 1 aromatic rings. The van der Waals surface area contributed by atoms with Crippen molar-refractivity contribution >= 4 is 6.29 Å². The number of fused-ring (bicyclic) bond motifs is 1. The number of benzene rings is 1. The number of hydrogen-bond donors (Lipinski definition) is 0. The highest BCUT2D eigenvalue weighted by Gasteiger charge is 2.16. The first kappa shape index (κ1) is 6.37. The zero-order chi connectivity index (χ0) is 7.68. The van der Waals surface area contributed by atoms with E-state index in [4.69, 9.17) is 9.78 Å². The van der Waals surface area contributed by atoms with Crippen molar-refractivity contribution in [1.82, 2.24) is 0 Å². The first-order chi connectivity index (χ1) is 5.42. The van der Waals surface area contributed by atoms with Gasteiger partial charge in [0.05, 0.1) is 5.56 Å². The highest BCUT2D eigenvalue weighted by atomic mass is 17.2. The number of aldehydes is 1. The molecule has 0 aliphatic carbocycles. The maximum Gasteiger partial charge on any atom is 0.181 e. The van der Waals surface area contributed by atoms with E-state index in [1.54, 1.807) is 12.1 Å². The molecule has 0 unspecified atom stereocenters. The minimum Gasteiger partial charge on any atom is -0.336 e. The topological polar surface area (TPSA) is 35.5 Å². The second-order valence-electron chi connectivity index (χ2n) is 2.30. The third kappa shape index (κ3) is 0.897. The average Bonchev–Trinajstić information content (AvgIpc) is 2.50. The Morgan fingerprint density at radius 3 is 3.18 bits per heavy atom. The van der Waals surface area contributed by atoms with Gasteiger partial charge in [0.25, 0.3) is 0 Å². The summed E-state index contributed by atoms with van der Waals surface area (Å²) in [6.45, 7) is 0.428. The smallest absolute Gasteiger partial charge is 0.181 e. The molecule has 0 saturated carbocycles. The van der Waals surface area contributed by atoms with E-state index in [2.05, 4.69) is 0 Å². The molecule has 2 rings (SSSR count). The summed E-state index contributed by atoms with van der Waals surface area (Å²) in [6.07, 6.45) is 0.757. The molecule has 0 radical (unpaired) electrons. The van der Waals surface area contributed by atoms with Crippen LogP contribution in [0.25, 0.3) is 0 Å². The lowest BCUT2D eigenvalue weighted by molar-refractivity contribution is -0.194. The molecule has 0 saturated heterocycles. The minimum absolute atomic E-state index is 0.428. The molecule has 0 spiro atoms. The second-order valence-corrected chi connectivity index (χ2v) is 2.30. The minimum atomic E-state index is 0.428. The zero-order valence-electron chi connectivity index (χ0n) is 5.74. The second kappa shape index (κ2) is 2.36. The summed E-state index contributed by atoms with van der Waals surface area (Å²) < 4.78 is 0. The van der Waals surface area contributed by atoms with Crippen molar-refractivity contribution in [2.24, 2.45) is 0 Å². The van der Waals surface area contributed by atoms with E-state index >= 15 is 0 Å². The molecule has 1 aliphatic heterocycles. The molecule has 56 valence electrons. The van der Waals surface area contributed by atoms with Crippen molar-refractivity contribution < 1.29 is 14.6 Å².